The van der Waals surface area contributed by atoms with Gasteiger partial charge in [-0.05, 0) is 12.8 Å². The number of carbonyl (C=O) groups excluding carboxylic acids is 1. The summed E-state index contributed by atoms with van der Waals surface area (Å²) in [7, 11) is 3.38. The lowest BCUT2D eigenvalue weighted by Gasteiger charge is -2.35. The fourth-order valence-corrected chi connectivity index (χ4v) is 2.16. The van der Waals surface area contributed by atoms with Gasteiger partial charge in [-0.15, -0.1) is 0 Å². The van der Waals surface area contributed by atoms with Crippen LogP contribution in [0.1, 0.15) is 19.3 Å². The highest BCUT2D eigenvalue weighted by molar-refractivity contribution is 5.32. The lowest BCUT2D eigenvalue weighted by molar-refractivity contribution is -0.0845. The van der Waals surface area contributed by atoms with E-state index in [0.29, 0.717) is 12.5 Å². The van der Waals surface area contributed by atoms with Gasteiger partial charge in [0.05, 0.1) is 18.8 Å². The lowest BCUT2D eigenvalue weighted by Crippen LogP contribution is -2.41. The first kappa shape index (κ1) is 11.4. The number of isocyanates is 1. The van der Waals surface area contributed by atoms with Crippen molar-refractivity contribution in [2.24, 2.45) is 10.9 Å². The molecule has 0 bridgehead atoms. The summed E-state index contributed by atoms with van der Waals surface area (Å²) in [6.07, 6.45) is 4.95. The zero-order chi connectivity index (χ0) is 10.4. The molecule has 0 heterocycles. The van der Waals surface area contributed by atoms with Gasteiger partial charge in [-0.25, -0.2) is 9.79 Å². The molecule has 0 saturated heterocycles. The maximum absolute atomic E-state index is 10.0. The van der Waals surface area contributed by atoms with Gasteiger partial charge >= 0.3 is 0 Å². The summed E-state index contributed by atoms with van der Waals surface area (Å²) in [5.41, 5.74) is 0. The molecule has 1 saturated carbocycles. The highest BCUT2D eigenvalue weighted by Crippen LogP contribution is 2.28. The Morgan fingerprint density at radius 3 is 2.71 bits per heavy atom. The van der Waals surface area contributed by atoms with Gasteiger partial charge in [0.2, 0.25) is 6.08 Å². The van der Waals surface area contributed by atoms with E-state index in [1.54, 1.807) is 20.3 Å². The minimum absolute atomic E-state index is 0.0610. The van der Waals surface area contributed by atoms with Crippen LogP contribution in [-0.2, 0) is 14.3 Å². The van der Waals surface area contributed by atoms with Crippen molar-refractivity contribution in [3.8, 4) is 0 Å². The Bertz CT molecular complexity index is 213. The quantitative estimate of drug-likeness (QED) is 0.504. The van der Waals surface area contributed by atoms with Crippen LogP contribution in [-0.4, -0.2) is 39.1 Å². The van der Waals surface area contributed by atoms with E-state index in [-0.39, 0.29) is 12.2 Å². The summed E-state index contributed by atoms with van der Waals surface area (Å²) in [5, 5.41) is 0. The number of hydrogen-bond donors (Lipinski definition) is 0. The third-order valence-corrected chi connectivity index (χ3v) is 2.86. The highest BCUT2D eigenvalue weighted by atomic mass is 16.5. The maximum Gasteiger partial charge on any atom is 0.234 e. The van der Waals surface area contributed by atoms with Gasteiger partial charge in [-0.1, -0.05) is 6.42 Å². The SMILES string of the molecule is COC1CCCC(CN=C=O)C1OC. The molecule has 80 valence electrons. The van der Waals surface area contributed by atoms with Crippen molar-refractivity contribution in [1.29, 1.82) is 0 Å². The Hall–Kier alpha value is -0.700. The van der Waals surface area contributed by atoms with Crippen LogP contribution in [0.15, 0.2) is 4.99 Å². The van der Waals surface area contributed by atoms with E-state index in [2.05, 4.69) is 4.99 Å². The largest absolute Gasteiger partial charge is 0.379 e. The Morgan fingerprint density at radius 2 is 2.14 bits per heavy atom. The zero-order valence-electron chi connectivity index (χ0n) is 8.73. The molecule has 4 heteroatoms. The van der Waals surface area contributed by atoms with E-state index in [1.165, 1.54) is 0 Å². The maximum atomic E-state index is 10.0. The molecular weight excluding hydrogens is 182 g/mol. The monoisotopic (exact) mass is 199 g/mol. The third kappa shape index (κ3) is 2.64. The van der Waals surface area contributed by atoms with Crippen molar-refractivity contribution in [3.05, 3.63) is 0 Å². The fraction of sp³-hybridized carbons (Fsp3) is 0.900. The van der Waals surface area contributed by atoms with Gasteiger partial charge in [0.25, 0.3) is 0 Å². The van der Waals surface area contributed by atoms with Gasteiger partial charge in [0.15, 0.2) is 0 Å². The summed E-state index contributed by atoms with van der Waals surface area (Å²) in [5.74, 6) is 0.292. The number of aliphatic imine (C=N–C) groups is 1. The molecular formula is C10H17NO3. The molecule has 1 aliphatic carbocycles. The number of rotatable bonds is 4. The summed E-state index contributed by atoms with van der Waals surface area (Å²) in [6.45, 7) is 0.502. The lowest BCUT2D eigenvalue weighted by atomic mass is 9.84. The molecule has 0 aromatic rings. The van der Waals surface area contributed by atoms with Crippen molar-refractivity contribution in [1.82, 2.24) is 0 Å². The minimum atomic E-state index is 0.0610. The summed E-state index contributed by atoms with van der Waals surface area (Å²) < 4.78 is 10.7. The first-order valence-electron chi connectivity index (χ1n) is 4.92. The average Bonchev–Trinajstić information content (AvgIpc) is 2.25. The van der Waals surface area contributed by atoms with Gasteiger partial charge in [-0.2, -0.15) is 0 Å². The van der Waals surface area contributed by atoms with Crippen molar-refractivity contribution in [2.45, 2.75) is 31.5 Å². The van der Waals surface area contributed by atoms with Crippen LogP contribution in [0, 0.1) is 5.92 Å². The molecule has 14 heavy (non-hydrogen) atoms. The molecule has 0 aromatic carbocycles. The van der Waals surface area contributed by atoms with E-state index in [4.69, 9.17) is 9.47 Å². The van der Waals surface area contributed by atoms with Gasteiger partial charge in [-0.3, -0.25) is 0 Å². The van der Waals surface area contributed by atoms with Crippen molar-refractivity contribution in [3.63, 3.8) is 0 Å². The van der Waals surface area contributed by atoms with E-state index in [0.717, 1.165) is 19.3 Å². The molecule has 1 fully saturated rings. The normalized spacial score (nSPS) is 32.3. The van der Waals surface area contributed by atoms with Crippen LogP contribution in [0.5, 0.6) is 0 Å². The molecule has 0 radical (unpaired) electrons. The molecule has 3 atom stereocenters. The first-order valence-corrected chi connectivity index (χ1v) is 4.92. The second-order valence-electron chi connectivity index (χ2n) is 3.60. The Kier molecular flexibility index (Phi) is 4.80. The van der Waals surface area contributed by atoms with Crippen molar-refractivity contribution >= 4 is 6.08 Å². The molecule has 0 aliphatic heterocycles. The highest BCUT2D eigenvalue weighted by Gasteiger charge is 2.33. The molecule has 4 nitrogen and oxygen atoms in total. The molecule has 0 spiro atoms. The van der Waals surface area contributed by atoms with Crippen LogP contribution in [0.25, 0.3) is 0 Å². The fourth-order valence-electron chi connectivity index (χ4n) is 2.16. The minimum Gasteiger partial charge on any atom is -0.379 e. The molecule has 1 rings (SSSR count). The van der Waals surface area contributed by atoms with Crippen molar-refractivity contribution in [2.75, 3.05) is 20.8 Å². The number of ether oxygens (including phenoxy) is 2. The first-order chi connectivity index (χ1) is 6.83. The predicted molar refractivity (Wildman–Crippen MR) is 51.9 cm³/mol. The van der Waals surface area contributed by atoms with E-state index >= 15 is 0 Å². The Morgan fingerprint density at radius 1 is 1.36 bits per heavy atom. The number of nitrogens with zero attached hydrogens (tertiary/aromatic N) is 1. The number of methoxy groups -OCH3 is 2. The third-order valence-electron chi connectivity index (χ3n) is 2.86. The van der Waals surface area contributed by atoms with E-state index in [9.17, 15) is 4.79 Å². The van der Waals surface area contributed by atoms with Crippen LogP contribution < -0.4 is 0 Å². The average molecular weight is 199 g/mol. The second-order valence-corrected chi connectivity index (χ2v) is 3.60. The Labute approximate surface area is 84.3 Å². The predicted octanol–water partition coefficient (Wildman–Crippen LogP) is 1.15. The zero-order valence-corrected chi connectivity index (χ0v) is 8.73. The smallest absolute Gasteiger partial charge is 0.234 e. The molecule has 0 aromatic heterocycles. The molecule has 3 unspecified atom stereocenters. The van der Waals surface area contributed by atoms with Crippen LogP contribution in [0.3, 0.4) is 0 Å². The summed E-state index contributed by atoms with van der Waals surface area (Å²) in [4.78, 5) is 13.7. The standard InChI is InChI=1S/C10H17NO3/c1-13-9-5-3-4-8(6-11-7-12)10(9)14-2/h8-10H,3-6H2,1-2H3. The van der Waals surface area contributed by atoms with Crippen LogP contribution in [0.2, 0.25) is 0 Å². The van der Waals surface area contributed by atoms with Gasteiger partial charge < -0.3 is 9.47 Å². The summed E-state index contributed by atoms with van der Waals surface area (Å²) in [6, 6.07) is 0. The van der Waals surface area contributed by atoms with Crippen LogP contribution >= 0.6 is 0 Å². The topological polar surface area (TPSA) is 47.9 Å². The molecule has 1 aliphatic rings. The molecule has 0 N–H and O–H groups in total. The van der Waals surface area contributed by atoms with Gasteiger partial charge in [0.1, 0.15) is 0 Å². The molecule has 0 amide bonds. The van der Waals surface area contributed by atoms with E-state index in [1.807, 2.05) is 0 Å². The van der Waals surface area contributed by atoms with Crippen molar-refractivity contribution < 1.29 is 14.3 Å². The van der Waals surface area contributed by atoms with Crippen LogP contribution in [0.4, 0.5) is 0 Å². The van der Waals surface area contributed by atoms with Gasteiger partial charge in [0, 0.05) is 20.1 Å². The van der Waals surface area contributed by atoms with E-state index < -0.39 is 0 Å². The Balaban J connectivity index is 2.57. The summed E-state index contributed by atoms with van der Waals surface area (Å²) >= 11 is 0. The number of hydrogen-bond acceptors (Lipinski definition) is 4. The second kappa shape index (κ2) is 5.91.